The Morgan fingerprint density at radius 2 is 1.42 bits per heavy atom. The van der Waals surface area contributed by atoms with Gasteiger partial charge in [-0.05, 0) is 76.0 Å². The van der Waals surface area contributed by atoms with Crippen molar-refractivity contribution in [1.82, 2.24) is 30.4 Å². The Hall–Kier alpha value is -4.89. The first kappa shape index (κ1) is 29.6. The SMILES string of the molecule is FC(F)(F)c1cc(CN(Cc2cc(C(F)(F)F)ccc2-c2cccc(-n3cccn3)c2)c2nn[nH]n2)cc(C(F)(F)F)c1. The largest absolute Gasteiger partial charge is 0.416 e. The van der Waals surface area contributed by atoms with Gasteiger partial charge in [-0.15, -0.1) is 5.10 Å². The molecule has 0 aliphatic heterocycles. The maximum atomic E-state index is 13.7. The second kappa shape index (κ2) is 11.1. The standard InChI is InChI=1S/C27H18F9N7/c28-25(29,30)19-5-6-23(17-3-1-4-22(12-17)43-8-2-7-37-43)18(11-19)15-42(24-38-40-41-39-24)14-16-9-20(26(31,32)33)13-21(10-16)27(34,35)36/h1-13H,14-15H2,(H,38,39,40,41). The summed E-state index contributed by atoms with van der Waals surface area (Å²) < 4.78 is 124. The van der Waals surface area contributed by atoms with Gasteiger partial charge < -0.3 is 4.90 Å². The van der Waals surface area contributed by atoms with Crippen molar-refractivity contribution < 1.29 is 39.5 Å². The second-order valence-corrected chi connectivity index (χ2v) is 9.35. The van der Waals surface area contributed by atoms with Crippen LogP contribution < -0.4 is 4.90 Å². The molecule has 16 heteroatoms. The van der Waals surface area contributed by atoms with Crippen molar-refractivity contribution in [1.29, 1.82) is 0 Å². The molecule has 1 N–H and O–H groups in total. The lowest BCUT2D eigenvalue weighted by Gasteiger charge is -2.24. The van der Waals surface area contributed by atoms with Crippen molar-refractivity contribution in [3.8, 4) is 16.8 Å². The number of H-pyrrole nitrogens is 1. The summed E-state index contributed by atoms with van der Waals surface area (Å²) in [5.41, 5.74) is -3.10. The zero-order valence-corrected chi connectivity index (χ0v) is 21.5. The van der Waals surface area contributed by atoms with Gasteiger partial charge in [0.1, 0.15) is 0 Å². The molecule has 2 heterocycles. The molecule has 5 rings (SSSR count). The average molecular weight is 611 g/mol. The van der Waals surface area contributed by atoms with Crippen molar-refractivity contribution in [2.45, 2.75) is 31.6 Å². The molecule has 0 aliphatic carbocycles. The summed E-state index contributed by atoms with van der Waals surface area (Å²) >= 11 is 0. The summed E-state index contributed by atoms with van der Waals surface area (Å²) in [5, 5.41) is 17.2. The van der Waals surface area contributed by atoms with E-state index in [1.807, 2.05) is 0 Å². The molecule has 0 saturated carbocycles. The van der Waals surface area contributed by atoms with Crippen LogP contribution in [0.5, 0.6) is 0 Å². The van der Waals surface area contributed by atoms with Crippen LogP contribution in [0.4, 0.5) is 45.5 Å². The molecular formula is C27H18F9N7. The minimum atomic E-state index is -5.10. The number of alkyl halides is 9. The summed E-state index contributed by atoms with van der Waals surface area (Å²) in [4.78, 5) is 1.12. The minimum absolute atomic E-state index is 0.0142. The van der Waals surface area contributed by atoms with E-state index in [2.05, 4.69) is 25.7 Å². The number of tetrazole rings is 1. The highest BCUT2D eigenvalue weighted by atomic mass is 19.4. The van der Waals surface area contributed by atoms with E-state index in [-0.39, 0.29) is 17.6 Å². The number of rotatable bonds is 7. The Bertz CT molecular complexity index is 1660. The molecular weight excluding hydrogens is 593 g/mol. The van der Waals surface area contributed by atoms with Gasteiger partial charge in [-0.1, -0.05) is 23.3 Å². The van der Waals surface area contributed by atoms with Gasteiger partial charge in [-0.2, -0.15) is 49.8 Å². The van der Waals surface area contributed by atoms with Crippen LogP contribution in [-0.4, -0.2) is 30.4 Å². The van der Waals surface area contributed by atoms with Crippen molar-refractivity contribution in [3.63, 3.8) is 0 Å². The third kappa shape index (κ3) is 6.79. The lowest BCUT2D eigenvalue weighted by atomic mass is 9.96. The minimum Gasteiger partial charge on any atom is -0.330 e. The van der Waals surface area contributed by atoms with Gasteiger partial charge in [-0.3, -0.25) is 0 Å². The molecule has 0 bridgehead atoms. The third-order valence-corrected chi connectivity index (χ3v) is 6.36. The van der Waals surface area contributed by atoms with Crippen molar-refractivity contribution in [2.75, 3.05) is 4.90 Å². The van der Waals surface area contributed by atoms with Crippen LogP contribution in [-0.2, 0) is 31.6 Å². The van der Waals surface area contributed by atoms with Crippen LogP contribution in [0, 0.1) is 0 Å². The zero-order valence-electron chi connectivity index (χ0n) is 21.5. The highest BCUT2D eigenvalue weighted by Gasteiger charge is 2.37. The molecule has 3 aromatic carbocycles. The molecule has 43 heavy (non-hydrogen) atoms. The summed E-state index contributed by atoms with van der Waals surface area (Å²) in [6.45, 7) is -1.07. The fourth-order valence-electron chi connectivity index (χ4n) is 4.44. The highest BCUT2D eigenvalue weighted by Crippen LogP contribution is 2.38. The van der Waals surface area contributed by atoms with Gasteiger partial charge >= 0.3 is 18.5 Å². The molecule has 0 amide bonds. The van der Waals surface area contributed by atoms with Crippen molar-refractivity contribution >= 4 is 5.95 Å². The molecule has 5 aromatic rings. The Labute approximate surface area is 236 Å². The Morgan fingerprint density at radius 1 is 0.721 bits per heavy atom. The summed E-state index contributed by atoms with van der Waals surface area (Å²) in [5.74, 6) is -0.264. The van der Waals surface area contributed by atoms with E-state index in [1.165, 1.54) is 16.9 Å². The first-order valence-corrected chi connectivity index (χ1v) is 12.3. The van der Waals surface area contributed by atoms with Crippen LogP contribution in [0.3, 0.4) is 0 Å². The Morgan fingerprint density at radius 3 is 2.00 bits per heavy atom. The fourth-order valence-corrected chi connectivity index (χ4v) is 4.44. The number of aromatic nitrogens is 6. The van der Waals surface area contributed by atoms with Crippen LogP contribution in [0.15, 0.2) is 79.1 Å². The van der Waals surface area contributed by atoms with Crippen molar-refractivity contribution in [3.05, 3.63) is 107 Å². The van der Waals surface area contributed by atoms with Gasteiger partial charge in [0.25, 0.3) is 5.95 Å². The molecule has 0 fully saturated rings. The first-order valence-electron chi connectivity index (χ1n) is 12.3. The number of aromatic amines is 1. The molecule has 7 nitrogen and oxygen atoms in total. The molecule has 0 radical (unpaired) electrons. The zero-order chi connectivity index (χ0) is 31.0. The molecule has 2 aromatic heterocycles. The topological polar surface area (TPSA) is 75.5 Å². The van der Waals surface area contributed by atoms with Gasteiger partial charge in [0.05, 0.1) is 22.4 Å². The van der Waals surface area contributed by atoms with E-state index >= 15 is 0 Å². The fraction of sp³-hybridized carbons (Fsp3) is 0.185. The van der Waals surface area contributed by atoms with Crippen LogP contribution in [0.1, 0.15) is 27.8 Å². The lowest BCUT2D eigenvalue weighted by molar-refractivity contribution is -0.143. The molecule has 0 aliphatic rings. The van der Waals surface area contributed by atoms with Crippen molar-refractivity contribution in [2.24, 2.45) is 0 Å². The van der Waals surface area contributed by atoms with Crippen LogP contribution >= 0.6 is 0 Å². The Kier molecular flexibility index (Phi) is 7.62. The molecule has 0 unspecified atom stereocenters. The van der Waals surface area contributed by atoms with E-state index < -0.39 is 53.9 Å². The number of nitrogens with zero attached hydrogens (tertiary/aromatic N) is 6. The highest BCUT2D eigenvalue weighted by molar-refractivity contribution is 5.70. The smallest absolute Gasteiger partial charge is 0.330 e. The second-order valence-electron chi connectivity index (χ2n) is 9.35. The molecule has 0 saturated heterocycles. The number of halogens is 9. The maximum absolute atomic E-state index is 13.7. The molecule has 224 valence electrons. The number of nitrogens with one attached hydrogen (secondary N) is 1. The number of benzene rings is 3. The van der Waals surface area contributed by atoms with E-state index in [9.17, 15) is 39.5 Å². The monoisotopic (exact) mass is 611 g/mol. The average Bonchev–Trinajstić information content (AvgIpc) is 3.66. The Balaban J connectivity index is 1.60. The van der Waals surface area contributed by atoms with Gasteiger partial charge in [0.15, 0.2) is 0 Å². The first-order chi connectivity index (χ1) is 20.2. The number of hydrogen-bond donors (Lipinski definition) is 1. The van der Waals surface area contributed by atoms with E-state index in [1.54, 1.807) is 36.5 Å². The third-order valence-electron chi connectivity index (χ3n) is 6.36. The predicted octanol–water partition coefficient (Wildman–Crippen LogP) is 7.32. The molecule has 0 atom stereocenters. The summed E-state index contributed by atoms with van der Waals surface area (Å²) in [7, 11) is 0. The predicted molar refractivity (Wildman–Crippen MR) is 135 cm³/mol. The van der Waals surface area contributed by atoms with E-state index in [0.717, 1.165) is 17.0 Å². The number of hydrogen-bond acceptors (Lipinski definition) is 5. The summed E-state index contributed by atoms with van der Waals surface area (Å²) in [6, 6.07) is 12.4. The molecule has 0 spiro atoms. The van der Waals surface area contributed by atoms with E-state index in [0.29, 0.717) is 28.9 Å². The van der Waals surface area contributed by atoms with Gasteiger partial charge in [0.2, 0.25) is 0 Å². The van der Waals surface area contributed by atoms with Crippen LogP contribution in [0.2, 0.25) is 0 Å². The quantitative estimate of drug-likeness (QED) is 0.195. The van der Waals surface area contributed by atoms with Gasteiger partial charge in [0, 0.05) is 25.5 Å². The number of anilines is 1. The van der Waals surface area contributed by atoms with Gasteiger partial charge in [-0.25, -0.2) is 4.68 Å². The maximum Gasteiger partial charge on any atom is 0.416 e. The van der Waals surface area contributed by atoms with Crippen LogP contribution in [0.25, 0.3) is 16.8 Å². The lowest BCUT2D eigenvalue weighted by Crippen LogP contribution is -2.25. The van der Waals surface area contributed by atoms with E-state index in [4.69, 9.17) is 0 Å². The summed E-state index contributed by atoms with van der Waals surface area (Å²) in [6.07, 6.45) is -11.7. The normalized spacial score (nSPS) is 12.5.